The topological polar surface area (TPSA) is 137 Å². The smallest absolute Gasteiger partial charge is 0.325 e. The molecule has 3 N–H and O–H groups in total. The number of methoxy groups -OCH3 is 1. The number of benzene rings is 2. The molecular formula is C48H63N2O9+. The largest absolute Gasteiger partial charge is 0.493 e. The van der Waals surface area contributed by atoms with Crippen molar-refractivity contribution in [3.8, 4) is 34.3 Å². The zero-order valence-corrected chi connectivity index (χ0v) is 35.3. The minimum absolute atomic E-state index is 0.125. The second-order valence-electron chi connectivity index (χ2n) is 19.2. The molecular weight excluding hydrogens is 749 g/mol. The van der Waals surface area contributed by atoms with Gasteiger partial charge in [-0.25, -0.2) is 0 Å². The van der Waals surface area contributed by atoms with Crippen molar-refractivity contribution in [2.75, 3.05) is 33.7 Å². The number of rotatable bonds is 12. The van der Waals surface area contributed by atoms with E-state index in [4.69, 9.17) is 23.7 Å². The van der Waals surface area contributed by atoms with Crippen molar-refractivity contribution in [1.82, 2.24) is 5.32 Å². The summed E-state index contributed by atoms with van der Waals surface area (Å²) in [5.41, 5.74) is 3.87. The molecule has 0 spiro atoms. The van der Waals surface area contributed by atoms with Gasteiger partial charge in [0.05, 0.1) is 43.5 Å². The molecule has 0 radical (unpaired) electrons. The van der Waals surface area contributed by atoms with Crippen molar-refractivity contribution in [3.05, 3.63) is 42.1 Å². The molecule has 1 aromatic heterocycles. The summed E-state index contributed by atoms with van der Waals surface area (Å²) in [6.45, 7) is 8.63. The second kappa shape index (κ2) is 16.1. The van der Waals surface area contributed by atoms with E-state index < -0.39 is 5.97 Å². The molecule has 4 saturated carbocycles. The number of nitrogens with one attached hydrogen (secondary N) is 1. The van der Waals surface area contributed by atoms with Crippen LogP contribution in [0.3, 0.4) is 0 Å². The van der Waals surface area contributed by atoms with E-state index in [-0.39, 0.29) is 48.9 Å². The first-order chi connectivity index (χ1) is 28.5. The van der Waals surface area contributed by atoms with Crippen LogP contribution in [-0.4, -0.2) is 68.0 Å². The third-order valence-electron chi connectivity index (χ3n) is 16.3. The molecule has 2 aromatic carbocycles. The number of pyridine rings is 1. The standard InChI is InChI=1S/C48H62N2O9/c1-28(35-8-9-36-45-37(13-16-48(35,36)3)47(2)15-12-32(51)22-31(47)23-39(45)52)6-11-43(53)49-25-44(54)56-18-5-19-57-46-34-26-50-17-14-30-21-41-42(59-27-58-41)24-33(30)38(50)20-29(34)7-10-40(46)55-4/h7,10,20-21,24,26,28,31-32,35-37,39,45,51-52H,5-6,8-9,11-19,22-23,25,27H2,1-4H3/p+1/t28-,31?,32-,35?,36?,37?,39+,45?,47+,48-/m1/s1. The number of carbonyl (C=O) groups excluding carboxylic acids is 2. The van der Waals surface area contributed by atoms with Crippen LogP contribution < -0.4 is 28.8 Å². The maximum absolute atomic E-state index is 12.9. The van der Waals surface area contributed by atoms with Gasteiger partial charge in [-0.3, -0.25) is 9.59 Å². The van der Waals surface area contributed by atoms with Gasteiger partial charge >= 0.3 is 5.97 Å². The second-order valence-corrected chi connectivity index (χ2v) is 19.2. The lowest BCUT2D eigenvalue weighted by Gasteiger charge is -2.62. The molecule has 3 aromatic rings. The van der Waals surface area contributed by atoms with Gasteiger partial charge in [-0.2, -0.15) is 4.57 Å². The molecule has 0 saturated heterocycles. The third kappa shape index (κ3) is 7.32. The van der Waals surface area contributed by atoms with Gasteiger partial charge in [-0.15, -0.1) is 0 Å². The van der Waals surface area contributed by atoms with Crippen LogP contribution in [0.25, 0.3) is 22.0 Å². The molecule has 6 aliphatic rings. The minimum atomic E-state index is -0.461. The summed E-state index contributed by atoms with van der Waals surface area (Å²) >= 11 is 0. The van der Waals surface area contributed by atoms with E-state index in [1.807, 2.05) is 12.1 Å². The quantitative estimate of drug-likeness (QED) is 0.101. The van der Waals surface area contributed by atoms with Crippen LogP contribution in [0.5, 0.6) is 23.0 Å². The highest BCUT2D eigenvalue weighted by Crippen LogP contribution is 2.68. The Morgan fingerprint density at radius 2 is 1.78 bits per heavy atom. The molecule has 9 rings (SSSR count). The molecule has 4 fully saturated rings. The van der Waals surface area contributed by atoms with Crippen molar-refractivity contribution in [3.63, 3.8) is 0 Å². The summed E-state index contributed by atoms with van der Waals surface area (Å²) in [5.74, 6) is 4.95. The van der Waals surface area contributed by atoms with Gasteiger partial charge in [0.2, 0.25) is 18.4 Å². The van der Waals surface area contributed by atoms with Crippen LogP contribution in [0.15, 0.2) is 36.5 Å². The SMILES string of the molecule is COc1ccc2cc3[n+](cc2c1OCCCOC(=O)CNC(=O)CC[C@@H](C)C1CCC2C4C(CC[C@@]21C)[C@@]1(C)CC[C@@H](O)CC1C[C@@H]4O)CCc1cc2c(cc1-3)OCO2. The number of nitrogens with zero attached hydrogens (tertiary/aromatic N) is 1. The van der Waals surface area contributed by atoms with E-state index in [0.717, 1.165) is 97.9 Å². The van der Waals surface area contributed by atoms with Crippen LogP contribution in [-0.2, 0) is 27.3 Å². The highest BCUT2D eigenvalue weighted by Gasteiger charge is 2.62. The van der Waals surface area contributed by atoms with E-state index in [2.05, 4.69) is 55.1 Å². The molecule has 0 bridgehead atoms. The maximum atomic E-state index is 12.9. The number of carbonyl (C=O) groups is 2. The normalized spacial score (nSPS) is 31.9. The van der Waals surface area contributed by atoms with Gasteiger partial charge in [0.25, 0.3) is 0 Å². The molecule has 1 amide bonds. The number of hydrogen-bond donors (Lipinski definition) is 3. The van der Waals surface area contributed by atoms with Crippen LogP contribution >= 0.6 is 0 Å². The van der Waals surface area contributed by atoms with Gasteiger partial charge in [0.15, 0.2) is 35.7 Å². The Hall–Kier alpha value is -4.09. The molecule has 2 aliphatic heterocycles. The Bertz CT molecular complexity index is 2090. The summed E-state index contributed by atoms with van der Waals surface area (Å²) in [5, 5.41) is 26.8. The number of aliphatic hydroxyl groups excluding tert-OH is 2. The minimum Gasteiger partial charge on any atom is -0.493 e. The first kappa shape index (κ1) is 40.3. The lowest BCUT2D eigenvalue weighted by molar-refractivity contribution is -0.686. The van der Waals surface area contributed by atoms with E-state index in [1.54, 1.807) is 7.11 Å². The number of aromatic nitrogens is 1. The van der Waals surface area contributed by atoms with E-state index in [9.17, 15) is 19.8 Å². The summed E-state index contributed by atoms with van der Waals surface area (Å²) in [7, 11) is 1.63. The first-order valence-electron chi connectivity index (χ1n) is 22.3. The monoisotopic (exact) mass is 811 g/mol. The van der Waals surface area contributed by atoms with Gasteiger partial charge in [0.1, 0.15) is 6.54 Å². The molecule has 11 nitrogen and oxygen atoms in total. The van der Waals surface area contributed by atoms with Gasteiger partial charge in [-0.05, 0) is 139 Å². The molecule has 59 heavy (non-hydrogen) atoms. The average Bonchev–Trinajstić information content (AvgIpc) is 3.84. The lowest BCUT2D eigenvalue weighted by atomic mass is 9.43. The van der Waals surface area contributed by atoms with Crippen molar-refractivity contribution in [1.29, 1.82) is 0 Å². The predicted molar refractivity (Wildman–Crippen MR) is 221 cm³/mol. The molecule has 5 unspecified atom stereocenters. The molecule has 10 atom stereocenters. The van der Waals surface area contributed by atoms with Crippen LogP contribution in [0.1, 0.15) is 97.0 Å². The Morgan fingerprint density at radius 1 is 0.983 bits per heavy atom. The van der Waals surface area contributed by atoms with Gasteiger partial charge in [-0.1, -0.05) is 20.8 Å². The number of aliphatic hydroxyl groups is 2. The van der Waals surface area contributed by atoms with Gasteiger partial charge in [0, 0.05) is 25.3 Å². The van der Waals surface area contributed by atoms with E-state index in [1.165, 1.54) is 12.0 Å². The van der Waals surface area contributed by atoms with Crippen LogP contribution in [0.4, 0.5) is 0 Å². The van der Waals surface area contributed by atoms with Crippen LogP contribution in [0.2, 0.25) is 0 Å². The van der Waals surface area contributed by atoms with Crippen molar-refractivity contribution in [2.24, 2.45) is 46.3 Å². The molecule has 11 heteroatoms. The van der Waals surface area contributed by atoms with Crippen LogP contribution in [0, 0.1) is 46.3 Å². The fourth-order valence-corrected chi connectivity index (χ4v) is 13.2. The van der Waals surface area contributed by atoms with E-state index >= 15 is 0 Å². The Labute approximate surface area is 348 Å². The molecule has 3 heterocycles. The number of fused-ring (bicyclic) bond motifs is 10. The fourth-order valence-electron chi connectivity index (χ4n) is 13.2. The number of amides is 1. The molecule has 318 valence electrons. The fraction of sp³-hybridized carbons (Fsp3) is 0.646. The third-order valence-corrected chi connectivity index (χ3v) is 16.3. The maximum Gasteiger partial charge on any atom is 0.325 e. The highest BCUT2D eigenvalue weighted by atomic mass is 16.7. The summed E-state index contributed by atoms with van der Waals surface area (Å²) in [6.07, 6.45) is 12.4. The predicted octanol–water partition coefficient (Wildman–Crippen LogP) is 6.92. The lowest BCUT2D eigenvalue weighted by Crippen LogP contribution is -2.58. The Balaban J connectivity index is 0.727. The van der Waals surface area contributed by atoms with Crippen molar-refractivity contribution < 1.29 is 48.1 Å². The number of ether oxygens (including phenoxy) is 5. The number of esters is 1. The van der Waals surface area contributed by atoms with Gasteiger partial charge < -0.3 is 39.2 Å². The summed E-state index contributed by atoms with van der Waals surface area (Å²) in [6, 6.07) is 10.3. The Morgan fingerprint density at radius 3 is 2.61 bits per heavy atom. The number of aryl methyl sites for hydroxylation is 2. The zero-order valence-electron chi connectivity index (χ0n) is 35.3. The van der Waals surface area contributed by atoms with E-state index in [0.29, 0.717) is 66.5 Å². The first-order valence-corrected chi connectivity index (χ1v) is 22.3. The zero-order chi connectivity index (χ0) is 41.1. The Kier molecular flexibility index (Phi) is 11.0. The molecule has 4 aliphatic carbocycles. The van der Waals surface area contributed by atoms with Crippen molar-refractivity contribution >= 4 is 22.6 Å². The highest BCUT2D eigenvalue weighted by molar-refractivity contribution is 5.92. The summed E-state index contributed by atoms with van der Waals surface area (Å²) in [4.78, 5) is 25.5. The summed E-state index contributed by atoms with van der Waals surface area (Å²) < 4.78 is 31.0. The van der Waals surface area contributed by atoms with Crippen molar-refractivity contribution in [2.45, 2.75) is 117 Å². The number of hydrogen-bond acceptors (Lipinski definition) is 9. The average molecular weight is 812 g/mol.